The predicted octanol–water partition coefficient (Wildman–Crippen LogP) is 4.92. The van der Waals surface area contributed by atoms with Crippen LogP contribution >= 0.6 is 0 Å². The maximum Gasteiger partial charge on any atom is 0.416 e. The number of nitrogens with one attached hydrogen (secondary N) is 1. The lowest BCUT2D eigenvalue weighted by atomic mass is 9.79. The molecule has 2 aliphatic heterocycles. The van der Waals surface area contributed by atoms with Gasteiger partial charge in [-0.3, -0.25) is 14.4 Å². The number of carbonyl (C=O) groups excluding carboxylic acids is 3. The molecular formula is C30H33F3N2O6. The predicted molar refractivity (Wildman–Crippen MR) is 143 cm³/mol. The van der Waals surface area contributed by atoms with Gasteiger partial charge in [0.15, 0.2) is 0 Å². The largest absolute Gasteiger partial charge is 0.511 e. The quantitative estimate of drug-likeness (QED) is 0.375. The molecule has 0 unspecified atom stereocenters. The van der Waals surface area contributed by atoms with Gasteiger partial charge in [0.05, 0.1) is 11.1 Å². The van der Waals surface area contributed by atoms with Crippen molar-refractivity contribution in [1.82, 2.24) is 10.2 Å². The summed E-state index contributed by atoms with van der Waals surface area (Å²) >= 11 is 0. The van der Waals surface area contributed by atoms with Crippen molar-refractivity contribution in [3.63, 3.8) is 0 Å². The molecule has 0 radical (unpaired) electrons. The van der Waals surface area contributed by atoms with Crippen LogP contribution < -0.4 is 5.32 Å². The summed E-state index contributed by atoms with van der Waals surface area (Å²) in [7, 11) is 0. The first-order valence-electron chi connectivity index (χ1n) is 13.3. The summed E-state index contributed by atoms with van der Waals surface area (Å²) < 4.78 is 49.4. The van der Waals surface area contributed by atoms with Gasteiger partial charge in [0.2, 0.25) is 0 Å². The summed E-state index contributed by atoms with van der Waals surface area (Å²) in [5, 5.41) is 13.2. The highest BCUT2D eigenvalue weighted by molar-refractivity contribution is 6.19. The molecule has 11 heteroatoms. The molecule has 41 heavy (non-hydrogen) atoms. The van der Waals surface area contributed by atoms with E-state index in [2.05, 4.69) is 5.32 Å². The van der Waals surface area contributed by atoms with Gasteiger partial charge in [-0.2, -0.15) is 13.2 Å². The second-order valence-electron chi connectivity index (χ2n) is 11.3. The number of hydrogen-bond acceptors (Lipinski definition) is 6. The van der Waals surface area contributed by atoms with Crippen LogP contribution in [-0.4, -0.2) is 58.7 Å². The number of aliphatic hydroxyl groups excluding tert-OH is 1. The van der Waals surface area contributed by atoms with E-state index in [1.54, 1.807) is 49.9 Å². The van der Waals surface area contributed by atoms with Crippen molar-refractivity contribution < 1.29 is 42.1 Å². The third kappa shape index (κ3) is 7.08. The molecule has 8 nitrogen and oxygen atoms in total. The normalized spacial score (nSPS) is 17.5. The Morgan fingerprint density at radius 1 is 1.00 bits per heavy atom. The van der Waals surface area contributed by atoms with Crippen LogP contribution in [0.1, 0.15) is 51.2 Å². The van der Waals surface area contributed by atoms with Gasteiger partial charge < -0.3 is 24.8 Å². The van der Waals surface area contributed by atoms with E-state index < -0.39 is 52.8 Å². The molecule has 0 saturated carbocycles. The van der Waals surface area contributed by atoms with Crippen LogP contribution in [0.15, 0.2) is 59.9 Å². The second kappa shape index (κ2) is 11.6. The molecule has 1 spiro atoms. The first-order chi connectivity index (χ1) is 19.2. The standard InChI is InChI=1S/C30H33F3N2O6/c1-28(2,3)41-24(37)17-34-26(38)25-23(36)16-29(12-14-40-15-13-29)35(27(25)39)18-19-4-6-20(7-5-19)21-8-10-22(11-9-21)30(31,32)33/h4-11,36H,12-18H2,1-3H3,(H,34,38). The number of esters is 1. The van der Waals surface area contributed by atoms with Gasteiger partial charge in [0.25, 0.3) is 11.8 Å². The fourth-order valence-corrected chi connectivity index (χ4v) is 5.09. The summed E-state index contributed by atoms with van der Waals surface area (Å²) in [6, 6.07) is 11.9. The number of nitrogens with zero attached hydrogens (tertiary/aromatic N) is 1. The van der Waals surface area contributed by atoms with E-state index in [0.29, 0.717) is 37.2 Å². The first kappa shape index (κ1) is 30.1. The second-order valence-corrected chi connectivity index (χ2v) is 11.3. The highest BCUT2D eigenvalue weighted by Crippen LogP contribution is 2.40. The Labute approximate surface area is 236 Å². The fraction of sp³-hybridized carbons (Fsp3) is 0.433. The van der Waals surface area contributed by atoms with Crippen molar-refractivity contribution >= 4 is 17.8 Å². The zero-order valence-corrected chi connectivity index (χ0v) is 23.1. The van der Waals surface area contributed by atoms with Crippen LogP contribution in [0.3, 0.4) is 0 Å². The fourth-order valence-electron chi connectivity index (χ4n) is 5.09. The van der Waals surface area contributed by atoms with Crippen LogP contribution in [0, 0.1) is 0 Å². The summed E-state index contributed by atoms with van der Waals surface area (Å²) in [4.78, 5) is 40.3. The third-order valence-corrected chi connectivity index (χ3v) is 7.12. The number of rotatable bonds is 6. The molecule has 0 aromatic heterocycles. The minimum Gasteiger partial charge on any atom is -0.511 e. The van der Waals surface area contributed by atoms with E-state index in [9.17, 15) is 32.7 Å². The smallest absolute Gasteiger partial charge is 0.416 e. The van der Waals surface area contributed by atoms with E-state index in [1.165, 1.54) is 12.1 Å². The van der Waals surface area contributed by atoms with Gasteiger partial charge >= 0.3 is 12.1 Å². The summed E-state index contributed by atoms with van der Waals surface area (Å²) in [5.41, 5.74) is -0.630. The Hall–Kier alpha value is -3.86. The summed E-state index contributed by atoms with van der Waals surface area (Å²) in [5.74, 6) is -2.56. The minimum absolute atomic E-state index is 0.0565. The maximum atomic E-state index is 13.7. The Morgan fingerprint density at radius 2 is 1.56 bits per heavy atom. The van der Waals surface area contributed by atoms with Gasteiger partial charge in [-0.05, 0) is 62.4 Å². The summed E-state index contributed by atoms with van der Waals surface area (Å²) in [6.45, 7) is 5.48. The molecule has 4 rings (SSSR count). The van der Waals surface area contributed by atoms with Crippen LogP contribution in [0.4, 0.5) is 13.2 Å². The highest BCUT2D eigenvalue weighted by atomic mass is 19.4. The molecule has 220 valence electrons. The average molecular weight is 575 g/mol. The van der Waals surface area contributed by atoms with Crippen molar-refractivity contribution in [3.05, 3.63) is 71.0 Å². The molecule has 1 saturated heterocycles. The Kier molecular flexibility index (Phi) is 8.49. The average Bonchev–Trinajstić information content (AvgIpc) is 2.89. The number of amides is 2. The lowest BCUT2D eigenvalue weighted by Gasteiger charge is -2.49. The van der Waals surface area contributed by atoms with Crippen molar-refractivity contribution in [2.24, 2.45) is 0 Å². The zero-order chi connectivity index (χ0) is 30.0. The van der Waals surface area contributed by atoms with Gasteiger partial charge in [0, 0.05) is 26.2 Å². The van der Waals surface area contributed by atoms with E-state index in [4.69, 9.17) is 9.47 Å². The molecule has 0 aliphatic carbocycles. The zero-order valence-electron chi connectivity index (χ0n) is 23.1. The van der Waals surface area contributed by atoms with E-state index in [-0.39, 0.29) is 18.7 Å². The lowest BCUT2D eigenvalue weighted by Crippen LogP contribution is -2.58. The molecule has 2 N–H and O–H groups in total. The molecular weight excluding hydrogens is 541 g/mol. The molecule has 2 amide bonds. The number of halogens is 3. The van der Waals surface area contributed by atoms with Crippen LogP contribution in [-0.2, 0) is 36.6 Å². The molecule has 2 heterocycles. The molecule has 0 bridgehead atoms. The number of alkyl halides is 3. The Morgan fingerprint density at radius 3 is 2.10 bits per heavy atom. The molecule has 1 fully saturated rings. The molecule has 2 aromatic carbocycles. The maximum absolute atomic E-state index is 13.7. The van der Waals surface area contributed by atoms with Crippen LogP contribution in [0.2, 0.25) is 0 Å². The number of ether oxygens (including phenoxy) is 2. The van der Waals surface area contributed by atoms with Crippen molar-refractivity contribution in [2.45, 2.75) is 63.9 Å². The van der Waals surface area contributed by atoms with Crippen molar-refractivity contribution in [2.75, 3.05) is 19.8 Å². The molecule has 0 atom stereocenters. The van der Waals surface area contributed by atoms with Gasteiger partial charge in [-0.1, -0.05) is 36.4 Å². The Balaban J connectivity index is 1.54. The number of carbonyl (C=O) groups is 3. The van der Waals surface area contributed by atoms with Crippen molar-refractivity contribution in [3.8, 4) is 11.1 Å². The van der Waals surface area contributed by atoms with E-state index in [1.807, 2.05) is 0 Å². The van der Waals surface area contributed by atoms with Crippen molar-refractivity contribution in [1.29, 1.82) is 0 Å². The number of hydrogen-bond donors (Lipinski definition) is 2. The van der Waals surface area contributed by atoms with E-state index in [0.717, 1.165) is 17.7 Å². The lowest BCUT2D eigenvalue weighted by molar-refractivity contribution is -0.155. The SMILES string of the molecule is CC(C)(C)OC(=O)CNC(=O)C1=C(O)CC2(CCOCC2)N(Cc2ccc(-c3ccc(C(F)(F)F)cc3)cc2)C1=O. The monoisotopic (exact) mass is 574 g/mol. The first-order valence-corrected chi connectivity index (χ1v) is 13.3. The molecule has 2 aliphatic rings. The Bertz CT molecular complexity index is 1320. The number of benzene rings is 2. The number of aliphatic hydroxyl groups is 1. The van der Waals surface area contributed by atoms with Crippen LogP contribution in [0.5, 0.6) is 0 Å². The summed E-state index contributed by atoms with van der Waals surface area (Å²) in [6.07, 6.45) is -3.45. The third-order valence-electron chi connectivity index (χ3n) is 7.12. The van der Waals surface area contributed by atoms with E-state index >= 15 is 0 Å². The van der Waals surface area contributed by atoms with Crippen LogP contribution in [0.25, 0.3) is 11.1 Å². The highest BCUT2D eigenvalue weighted by Gasteiger charge is 2.48. The van der Waals surface area contributed by atoms with Gasteiger partial charge in [-0.25, -0.2) is 0 Å². The minimum atomic E-state index is -4.42. The topological polar surface area (TPSA) is 105 Å². The van der Waals surface area contributed by atoms with Gasteiger partial charge in [0.1, 0.15) is 23.5 Å². The van der Waals surface area contributed by atoms with Gasteiger partial charge in [-0.15, -0.1) is 0 Å². The molecule has 2 aromatic rings.